The molecule has 0 aliphatic rings. The van der Waals surface area contributed by atoms with E-state index in [0.29, 0.717) is 11.6 Å². The van der Waals surface area contributed by atoms with Crippen molar-refractivity contribution in [2.45, 2.75) is 20.4 Å². The molecule has 0 saturated carbocycles. The van der Waals surface area contributed by atoms with E-state index in [1.165, 1.54) is 11.1 Å². The summed E-state index contributed by atoms with van der Waals surface area (Å²) in [4.78, 5) is 12.9. The summed E-state index contributed by atoms with van der Waals surface area (Å²) in [5.41, 5.74) is 1.39. The molecule has 2 aromatic heterocycles. The van der Waals surface area contributed by atoms with Crippen molar-refractivity contribution in [1.82, 2.24) is 25.6 Å². The Hall–Kier alpha value is -2.22. The smallest absolute Gasteiger partial charge is 0.241 e. The summed E-state index contributed by atoms with van der Waals surface area (Å²) in [6, 6.07) is 3.47. The Morgan fingerprint density at radius 1 is 1.61 bits per heavy atom. The number of carbonyl (C=O) groups is 1. The summed E-state index contributed by atoms with van der Waals surface area (Å²) in [6.45, 7) is 3.75. The van der Waals surface area contributed by atoms with Crippen LogP contribution in [0.4, 0.5) is 0 Å². The fourth-order valence-corrected chi connectivity index (χ4v) is 1.44. The normalized spacial score (nSPS) is 11.5. The van der Waals surface area contributed by atoms with Crippen molar-refractivity contribution in [3.8, 4) is 11.6 Å². The van der Waals surface area contributed by atoms with E-state index in [4.69, 9.17) is 10.3 Å². The van der Waals surface area contributed by atoms with E-state index in [0.717, 1.165) is 0 Å². The first-order valence-corrected chi connectivity index (χ1v) is 5.35. The minimum absolute atomic E-state index is 0.268. The van der Waals surface area contributed by atoms with Crippen LogP contribution in [0.2, 0.25) is 0 Å². The van der Waals surface area contributed by atoms with Gasteiger partial charge in [-0.1, -0.05) is 0 Å². The molecule has 0 saturated heterocycles. The largest absolute Gasteiger partial charge is 0.461 e. The molecule has 0 atom stereocenters. The molecule has 8 nitrogen and oxygen atoms in total. The average molecular weight is 250 g/mol. The molecule has 2 heterocycles. The molecule has 18 heavy (non-hydrogen) atoms. The molecule has 0 spiro atoms. The van der Waals surface area contributed by atoms with E-state index in [1.807, 2.05) is 0 Å². The van der Waals surface area contributed by atoms with Crippen LogP contribution in [-0.2, 0) is 11.3 Å². The number of aromatic nitrogens is 4. The average Bonchev–Trinajstić information content (AvgIpc) is 2.97. The first-order chi connectivity index (χ1) is 8.53. The van der Waals surface area contributed by atoms with Crippen LogP contribution in [0.25, 0.3) is 11.6 Å². The standard InChI is InChI=1S/C10H14N6O2/c1-10(2,9(17)12-11)6-16-14-8(13-15-16)7-4-3-5-18-7/h3-5H,6,11H2,1-2H3,(H,12,17). The lowest BCUT2D eigenvalue weighted by Crippen LogP contribution is -2.43. The monoisotopic (exact) mass is 250 g/mol. The number of tetrazole rings is 1. The zero-order valence-corrected chi connectivity index (χ0v) is 10.1. The van der Waals surface area contributed by atoms with Gasteiger partial charge in [-0.25, -0.2) is 5.84 Å². The molecule has 2 rings (SSSR count). The third-order valence-electron chi connectivity index (χ3n) is 2.48. The minimum Gasteiger partial charge on any atom is -0.461 e. The molecular weight excluding hydrogens is 236 g/mol. The van der Waals surface area contributed by atoms with Gasteiger partial charge in [-0.05, 0) is 31.2 Å². The SMILES string of the molecule is CC(C)(Cn1nnc(-c2ccco2)n1)C(=O)NN. The molecule has 0 unspecified atom stereocenters. The van der Waals surface area contributed by atoms with Gasteiger partial charge in [-0.3, -0.25) is 10.2 Å². The lowest BCUT2D eigenvalue weighted by Gasteiger charge is -2.20. The van der Waals surface area contributed by atoms with E-state index in [1.54, 1.807) is 26.0 Å². The molecule has 96 valence electrons. The second kappa shape index (κ2) is 4.57. The van der Waals surface area contributed by atoms with Gasteiger partial charge in [0.25, 0.3) is 0 Å². The van der Waals surface area contributed by atoms with Gasteiger partial charge in [0.2, 0.25) is 11.7 Å². The maximum absolute atomic E-state index is 11.5. The van der Waals surface area contributed by atoms with E-state index in [9.17, 15) is 4.79 Å². The maximum atomic E-state index is 11.5. The van der Waals surface area contributed by atoms with Crippen LogP contribution in [-0.4, -0.2) is 26.1 Å². The highest BCUT2D eigenvalue weighted by Gasteiger charge is 2.29. The molecule has 0 bridgehead atoms. The summed E-state index contributed by atoms with van der Waals surface area (Å²) < 4.78 is 5.15. The third-order valence-corrected chi connectivity index (χ3v) is 2.48. The van der Waals surface area contributed by atoms with Crippen molar-refractivity contribution in [1.29, 1.82) is 0 Å². The molecule has 3 N–H and O–H groups in total. The van der Waals surface area contributed by atoms with Crippen LogP contribution in [0.5, 0.6) is 0 Å². The number of nitrogens with zero attached hydrogens (tertiary/aromatic N) is 4. The number of furan rings is 1. The summed E-state index contributed by atoms with van der Waals surface area (Å²) in [7, 11) is 0. The Morgan fingerprint density at radius 3 is 3.00 bits per heavy atom. The molecule has 0 aliphatic heterocycles. The van der Waals surface area contributed by atoms with Gasteiger partial charge in [0.15, 0.2) is 5.76 Å². The van der Waals surface area contributed by atoms with E-state index >= 15 is 0 Å². The first kappa shape index (κ1) is 12.2. The van der Waals surface area contributed by atoms with Crippen molar-refractivity contribution in [2.24, 2.45) is 11.3 Å². The summed E-state index contributed by atoms with van der Waals surface area (Å²) in [5.74, 6) is 5.73. The Morgan fingerprint density at radius 2 is 2.39 bits per heavy atom. The number of nitrogens with one attached hydrogen (secondary N) is 1. The van der Waals surface area contributed by atoms with Crippen LogP contribution in [0.15, 0.2) is 22.8 Å². The Balaban J connectivity index is 2.14. The van der Waals surface area contributed by atoms with Gasteiger partial charge in [-0.2, -0.15) is 4.80 Å². The van der Waals surface area contributed by atoms with Crippen molar-refractivity contribution in [3.63, 3.8) is 0 Å². The van der Waals surface area contributed by atoms with Gasteiger partial charge in [0.1, 0.15) is 0 Å². The van der Waals surface area contributed by atoms with Crippen molar-refractivity contribution in [2.75, 3.05) is 0 Å². The molecule has 8 heteroatoms. The van der Waals surface area contributed by atoms with E-state index in [2.05, 4.69) is 20.8 Å². The molecule has 0 aromatic carbocycles. The zero-order valence-electron chi connectivity index (χ0n) is 10.1. The number of hydrazine groups is 1. The highest BCUT2D eigenvalue weighted by molar-refractivity contribution is 5.81. The fourth-order valence-electron chi connectivity index (χ4n) is 1.44. The Kier molecular flexibility index (Phi) is 3.11. The van der Waals surface area contributed by atoms with Gasteiger partial charge in [0, 0.05) is 0 Å². The van der Waals surface area contributed by atoms with Crippen LogP contribution in [0.1, 0.15) is 13.8 Å². The van der Waals surface area contributed by atoms with Crippen molar-refractivity contribution in [3.05, 3.63) is 18.4 Å². The van der Waals surface area contributed by atoms with Gasteiger partial charge < -0.3 is 4.42 Å². The van der Waals surface area contributed by atoms with E-state index in [-0.39, 0.29) is 12.5 Å². The van der Waals surface area contributed by atoms with Crippen molar-refractivity contribution < 1.29 is 9.21 Å². The summed E-state index contributed by atoms with van der Waals surface area (Å²) in [5, 5.41) is 11.9. The molecule has 2 aromatic rings. The number of hydrogen-bond acceptors (Lipinski definition) is 6. The molecular formula is C10H14N6O2. The predicted molar refractivity (Wildman–Crippen MR) is 61.6 cm³/mol. The maximum Gasteiger partial charge on any atom is 0.241 e. The quantitative estimate of drug-likeness (QED) is 0.447. The Labute approximate surface area is 103 Å². The highest BCUT2D eigenvalue weighted by atomic mass is 16.3. The van der Waals surface area contributed by atoms with Crippen LogP contribution >= 0.6 is 0 Å². The summed E-state index contributed by atoms with van der Waals surface area (Å²) >= 11 is 0. The number of hydrogen-bond donors (Lipinski definition) is 2. The lowest BCUT2D eigenvalue weighted by molar-refractivity contribution is -0.130. The molecule has 0 fully saturated rings. The fraction of sp³-hybridized carbons (Fsp3) is 0.400. The van der Waals surface area contributed by atoms with Crippen molar-refractivity contribution >= 4 is 5.91 Å². The summed E-state index contributed by atoms with van der Waals surface area (Å²) in [6.07, 6.45) is 1.53. The second-order valence-electron chi connectivity index (χ2n) is 4.48. The van der Waals surface area contributed by atoms with Gasteiger partial charge in [0.05, 0.1) is 18.2 Å². The second-order valence-corrected chi connectivity index (χ2v) is 4.48. The predicted octanol–water partition coefficient (Wildman–Crippen LogP) is -0.0508. The first-order valence-electron chi connectivity index (χ1n) is 5.35. The van der Waals surface area contributed by atoms with Crippen LogP contribution < -0.4 is 11.3 Å². The highest BCUT2D eigenvalue weighted by Crippen LogP contribution is 2.18. The Bertz CT molecular complexity index is 530. The number of amides is 1. The lowest BCUT2D eigenvalue weighted by atomic mass is 9.93. The van der Waals surface area contributed by atoms with Crippen LogP contribution in [0, 0.1) is 5.41 Å². The number of rotatable bonds is 4. The van der Waals surface area contributed by atoms with Gasteiger partial charge >= 0.3 is 0 Å². The van der Waals surface area contributed by atoms with Crippen LogP contribution in [0.3, 0.4) is 0 Å². The van der Waals surface area contributed by atoms with Gasteiger partial charge in [-0.15, -0.1) is 10.2 Å². The topological polar surface area (TPSA) is 112 Å². The molecule has 1 amide bonds. The zero-order chi connectivity index (χ0) is 13.2. The molecule has 0 radical (unpaired) electrons. The number of carbonyl (C=O) groups excluding carboxylic acids is 1. The molecule has 0 aliphatic carbocycles. The third kappa shape index (κ3) is 2.38. The van der Waals surface area contributed by atoms with E-state index < -0.39 is 5.41 Å². The minimum atomic E-state index is -0.726. The number of nitrogens with two attached hydrogens (primary N) is 1.